The third-order valence-electron chi connectivity index (χ3n) is 3.83. The molecule has 30 heavy (non-hydrogen) atoms. The van der Waals surface area contributed by atoms with E-state index in [0.717, 1.165) is 24.3 Å². The number of carbonyl (C=O) groups excluding carboxylic acids is 2. The monoisotopic (exact) mass is 433 g/mol. The summed E-state index contributed by atoms with van der Waals surface area (Å²) >= 11 is 0. The minimum atomic E-state index is -4.47. The van der Waals surface area contributed by atoms with Crippen LogP contribution in [-0.4, -0.2) is 35.3 Å². The van der Waals surface area contributed by atoms with Crippen molar-refractivity contribution in [2.24, 2.45) is 5.92 Å². The fourth-order valence-electron chi connectivity index (χ4n) is 2.37. The Morgan fingerprint density at radius 2 is 1.67 bits per heavy atom. The summed E-state index contributed by atoms with van der Waals surface area (Å²) in [6, 6.07) is 4.04. The maximum Gasteiger partial charge on any atom is 0.416 e. The molecular formula is C20H26F3NO6. The first-order valence-corrected chi connectivity index (χ1v) is 9.32. The molecule has 0 bridgehead atoms. The van der Waals surface area contributed by atoms with Crippen LogP contribution in [0.5, 0.6) is 0 Å². The molecule has 7 nitrogen and oxygen atoms in total. The second-order valence-electron chi connectivity index (χ2n) is 7.62. The van der Waals surface area contributed by atoms with E-state index in [9.17, 15) is 32.7 Å². The topological polar surface area (TPSA) is 102 Å². The van der Waals surface area contributed by atoms with Crippen LogP contribution in [-0.2, 0) is 31.8 Å². The molecule has 0 saturated carbocycles. The fourth-order valence-corrected chi connectivity index (χ4v) is 2.37. The van der Waals surface area contributed by atoms with Gasteiger partial charge in [0.1, 0.15) is 12.2 Å². The van der Waals surface area contributed by atoms with Gasteiger partial charge in [0, 0.05) is 6.54 Å². The molecule has 0 aliphatic carbocycles. The molecule has 0 aliphatic rings. The maximum absolute atomic E-state index is 12.5. The molecule has 1 amide bonds. The number of ether oxygens (including phenoxy) is 2. The molecule has 2 N–H and O–H groups in total. The third kappa shape index (κ3) is 9.62. The van der Waals surface area contributed by atoms with Crippen LogP contribution in [0.1, 0.15) is 51.2 Å². The SMILES string of the molecule is CC(C)(C)OC(=O)NCCCCC(C(=O)O)C(=O)OCc1ccc(C(F)(F)F)cc1. The minimum absolute atomic E-state index is 0.00280. The van der Waals surface area contributed by atoms with Crippen LogP contribution < -0.4 is 5.32 Å². The summed E-state index contributed by atoms with van der Waals surface area (Å²) in [5, 5.41) is 11.8. The van der Waals surface area contributed by atoms with Crippen molar-refractivity contribution in [2.75, 3.05) is 6.54 Å². The van der Waals surface area contributed by atoms with E-state index in [1.165, 1.54) is 0 Å². The lowest BCUT2D eigenvalue weighted by atomic mass is 10.0. The standard InChI is InChI=1S/C20H26F3NO6/c1-19(2,3)30-18(28)24-11-5-4-6-15(16(25)26)17(27)29-12-13-7-9-14(10-8-13)20(21,22)23/h7-10,15H,4-6,11-12H2,1-3H3,(H,24,28)(H,25,26). The lowest BCUT2D eigenvalue weighted by Crippen LogP contribution is -2.33. The van der Waals surface area contributed by atoms with Crippen LogP contribution in [0, 0.1) is 5.92 Å². The largest absolute Gasteiger partial charge is 0.481 e. The molecule has 0 heterocycles. The van der Waals surface area contributed by atoms with E-state index in [4.69, 9.17) is 9.47 Å². The Balaban J connectivity index is 2.42. The number of carbonyl (C=O) groups is 3. The van der Waals surface area contributed by atoms with Crippen LogP contribution in [0.25, 0.3) is 0 Å². The van der Waals surface area contributed by atoms with Crippen molar-refractivity contribution in [1.82, 2.24) is 5.32 Å². The molecule has 0 aliphatic heterocycles. The van der Waals surface area contributed by atoms with Gasteiger partial charge >= 0.3 is 24.2 Å². The Hall–Kier alpha value is -2.78. The van der Waals surface area contributed by atoms with E-state index >= 15 is 0 Å². The first-order chi connectivity index (χ1) is 13.8. The van der Waals surface area contributed by atoms with Crippen molar-refractivity contribution in [3.8, 4) is 0 Å². The summed E-state index contributed by atoms with van der Waals surface area (Å²) in [4.78, 5) is 34.9. The molecule has 10 heteroatoms. The number of hydrogen-bond acceptors (Lipinski definition) is 5. The summed E-state index contributed by atoms with van der Waals surface area (Å²) in [6.45, 7) is 5.09. The summed E-state index contributed by atoms with van der Waals surface area (Å²) in [5.74, 6) is -3.73. The van der Waals surface area contributed by atoms with Crippen molar-refractivity contribution < 1.29 is 42.1 Å². The van der Waals surface area contributed by atoms with E-state index < -0.39 is 41.3 Å². The number of nitrogens with one attached hydrogen (secondary N) is 1. The third-order valence-corrected chi connectivity index (χ3v) is 3.83. The number of amides is 1. The van der Waals surface area contributed by atoms with Crippen LogP contribution in [0.3, 0.4) is 0 Å². The molecule has 168 valence electrons. The van der Waals surface area contributed by atoms with Gasteiger partial charge in [-0.1, -0.05) is 18.6 Å². The highest BCUT2D eigenvalue weighted by atomic mass is 19.4. The lowest BCUT2D eigenvalue weighted by molar-refractivity contribution is -0.160. The number of alkyl halides is 3. The smallest absolute Gasteiger partial charge is 0.416 e. The van der Waals surface area contributed by atoms with E-state index in [-0.39, 0.29) is 19.6 Å². The Labute approximate surface area is 172 Å². The van der Waals surface area contributed by atoms with E-state index in [0.29, 0.717) is 18.4 Å². The van der Waals surface area contributed by atoms with Crippen molar-refractivity contribution >= 4 is 18.0 Å². The van der Waals surface area contributed by atoms with Crippen LogP contribution in [0.15, 0.2) is 24.3 Å². The average molecular weight is 433 g/mol. The van der Waals surface area contributed by atoms with Crippen molar-refractivity contribution in [1.29, 1.82) is 0 Å². The number of aliphatic carboxylic acids is 1. The summed E-state index contributed by atoms with van der Waals surface area (Å²) in [7, 11) is 0. The van der Waals surface area contributed by atoms with E-state index in [2.05, 4.69) is 5.32 Å². The molecular weight excluding hydrogens is 407 g/mol. The Morgan fingerprint density at radius 3 is 2.17 bits per heavy atom. The van der Waals surface area contributed by atoms with Crippen molar-refractivity contribution in [3.05, 3.63) is 35.4 Å². The second kappa shape index (κ2) is 10.8. The summed E-state index contributed by atoms with van der Waals surface area (Å²) in [5.41, 5.74) is -1.15. The number of carboxylic acids is 1. The zero-order chi connectivity index (χ0) is 22.9. The number of rotatable bonds is 9. The Morgan fingerprint density at radius 1 is 1.07 bits per heavy atom. The maximum atomic E-state index is 12.5. The average Bonchev–Trinajstić information content (AvgIpc) is 2.60. The summed E-state index contributed by atoms with van der Waals surface area (Å²) < 4.78 is 47.6. The number of alkyl carbamates (subject to hydrolysis) is 1. The van der Waals surface area contributed by atoms with Crippen LogP contribution >= 0.6 is 0 Å². The number of esters is 1. The van der Waals surface area contributed by atoms with Gasteiger partial charge in [0.05, 0.1) is 5.56 Å². The highest BCUT2D eigenvalue weighted by Crippen LogP contribution is 2.29. The fraction of sp³-hybridized carbons (Fsp3) is 0.550. The quantitative estimate of drug-likeness (QED) is 0.345. The Kier molecular flexibility index (Phi) is 9.13. The zero-order valence-electron chi connectivity index (χ0n) is 17.0. The molecule has 0 saturated heterocycles. The Bertz CT molecular complexity index is 726. The second-order valence-corrected chi connectivity index (χ2v) is 7.62. The molecule has 1 unspecified atom stereocenters. The number of halogens is 3. The molecule has 1 aromatic rings. The van der Waals surface area contributed by atoms with Crippen molar-refractivity contribution in [3.63, 3.8) is 0 Å². The number of hydrogen-bond donors (Lipinski definition) is 2. The van der Waals surface area contributed by atoms with Crippen LogP contribution in [0.2, 0.25) is 0 Å². The predicted octanol–water partition coefficient (Wildman–Crippen LogP) is 4.14. The van der Waals surface area contributed by atoms with Crippen molar-refractivity contribution in [2.45, 2.75) is 58.4 Å². The first kappa shape index (κ1) is 25.3. The summed E-state index contributed by atoms with van der Waals surface area (Å²) in [6.07, 6.45) is -4.30. The van der Waals surface area contributed by atoms with Gasteiger partial charge in [-0.25, -0.2) is 4.79 Å². The molecule has 1 rings (SSSR count). The number of carboxylic acid groups (broad SMARTS) is 1. The van der Waals surface area contributed by atoms with E-state index in [1.54, 1.807) is 20.8 Å². The minimum Gasteiger partial charge on any atom is -0.481 e. The highest BCUT2D eigenvalue weighted by molar-refractivity contribution is 5.93. The lowest BCUT2D eigenvalue weighted by Gasteiger charge is -2.19. The van der Waals surface area contributed by atoms with Crippen LogP contribution in [0.4, 0.5) is 18.0 Å². The van der Waals surface area contributed by atoms with Gasteiger partial charge in [-0.3, -0.25) is 9.59 Å². The highest BCUT2D eigenvalue weighted by Gasteiger charge is 2.30. The number of unbranched alkanes of at least 4 members (excludes halogenated alkanes) is 1. The van der Waals surface area contributed by atoms with Gasteiger partial charge in [0.15, 0.2) is 5.92 Å². The van der Waals surface area contributed by atoms with Gasteiger partial charge in [-0.15, -0.1) is 0 Å². The van der Waals surface area contributed by atoms with Gasteiger partial charge in [-0.2, -0.15) is 13.2 Å². The van der Waals surface area contributed by atoms with Gasteiger partial charge in [0.25, 0.3) is 0 Å². The number of benzene rings is 1. The molecule has 1 atom stereocenters. The molecule has 0 fully saturated rings. The zero-order valence-corrected chi connectivity index (χ0v) is 17.0. The predicted molar refractivity (Wildman–Crippen MR) is 100 cm³/mol. The normalized spacial score (nSPS) is 12.7. The molecule has 0 aromatic heterocycles. The molecule has 0 radical (unpaired) electrons. The van der Waals surface area contributed by atoms with E-state index in [1.807, 2.05) is 0 Å². The molecule has 1 aromatic carbocycles. The van der Waals surface area contributed by atoms with Gasteiger partial charge < -0.3 is 19.9 Å². The van der Waals surface area contributed by atoms with Gasteiger partial charge in [0.2, 0.25) is 0 Å². The van der Waals surface area contributed by atoms with Gasteiger partial charge in [-0.05, 0) is 51.3 Å². The molecule has 0 spiro atoms. The first-order valence-electron chi connectivity index (χ1n) is 9.32.